The Balaban J connectivity index is 0. The van der Waals surface area contributed by atoms with Gasteiger partial charge in [0.05, 0.1) is 0 Å². The highest BCUT2D eigenvalue weighted by atomic mass is 16.1. The molecule has 0 bridgehead atoms. The molecular weight excluding hydrogens is 154 g/mol. The Morgan fingerprint density at radius 3 is 2.08 bits per heavy atom. The van der Waals surface area contributed by atoms with Crippen LogP contribution in [-0.4, -0.2) is 50.7 Å². The number of likely N-dealkylation sites (N-methyl/N-ethyl adjacent to an activating group) is 1. The van der Waals surface area contributed by atoms with E-state index in [1.165, 1.54) is 0 Å². The van der Waals surface area contributed by atoms with Crippen molar-refractivity contribution in [3.05, 3.63) is 0 Å². The highest BCUT2D eigenvalue weighted by Gasteiger charge is 1.96. The van der Waals surface area contributed by atoms with Crippen LogP contribution in [0.2, 0.25) is 0 Å². The van der Waals surface area contributed by atoms with Crippen LogP contribution in [0.1, 0.15) is 13.8 Å². The lowest BCUT2D eigenvalue weighted by Crippen LogP contribution is -2.37. The van der Waals surface area contributed by atoms with Crippen LogP contribution < -0.4 is 5.32 Å². The molecule has 0 aromatic rings. The summed E-state index contributed by atoms with van der Waals surface area (Å²) in [6.45, 7) is 5.53. The van der Waals surface area contributed by atoms with Crippen LogP contribution in [0.4, 0.5) is 0 Å². The van der Waals surface area contributed by atoms with Gasteiger partial charge < -0.3 is 5.32 Å². The second-order valence-corrected chi connectivity index (χ2v) is 2.30. The number of hydrazine groups is 1. The Bertz CT molecular complexity index is 96.3. The smallest absolute Gasteiger partial charge is 0.207 e. The minimum Gasteiger partial charge on any atom is -0.357 e. The lowest BCUT2D eigenvalue weighted by molar-refractivity contribution is -0.109. The maximum Gasteiger partial charge on any atom is 0.207 e. The van der Waals surface area contributed by atoms with E-state index in [0.29, 0.717) is 13.0 Å². The van der Waals surface area contributed by atoms with E-state index in [1.807, 2.05) is 45.0 Å². The third-order valence-corrected chi connectivity index (χ3v) is 1.35. The molecule has 1 amide bonds. The molecule has 0 aliphatic heterocycles. The topological polar surface area (TPSA) is 35.6 Å². The normalized spacial score (nSPS) is 9.25. The maximum atomic E-state index is 9.81. The standard InChI is InChI=1S/C6H15N3O.C2H6/c1-8(2)9(3)5-4-7-6-10;1-2/h6H,4-5H2,1-3H3,(H,7,10);1-2H3. The van der Waals surface area contributed by atoms with Crippen molar-refractivity contribution in [1.29, 1.82) is 0 Å². The molecule has 0 saturated heterocycles. The summed E-state index contributed by atoms with van der Waals surface area (Å²) in [7, 11) is 5.88. The van der Waals surface area contributed by atoms with Gasteiger partial charge in [0.2, 0.25) is 6.41 Å². The Labute approximate surface area is 75.5 Å². The molecule has 0 atom stereocenters. The van der Waals surface area contributed by atoms with Gasteiger partial charge in [0.1, 0.15) is 0 Å². The molecule has 0 aliphatic carbocycles. The Morgan fingerprint density at radius 1 is 1.25 bits per heavy atom. The second-order valence-electron chi connectivity index (χ2n) is 2.30. The summed E-state index contributed by atoms with van der Waals surface area (Å²) < 4.78 is 0. The van der Waals surface area contributed by atoms with Crippen molar-refractivity contribution in [3.63, 3.8) is 0 Å². The molecule has 0 radical (unpaired) electrons. The molecule has 12 heavy (non-hydrogen) atoms. The summed E-state index contributed by atoms with van der Waals surface area (Å²) in [6, 6.07) is 0. The summed E-state index contributed by atoms with van der Waals surface area (Å²) in [5.41, 5.74) is 0. The van der Waals surface area contributed by atoms with E-state index in [9.17, 15) is 4.79 Å². The molecule has 0 unspecified atom stereocenters. The van der Waals surface area contributed by atoms with Gasteiger partial charge in [0, 0.05) is 34.2 Å². The number of rotatable bonds is 5. The number of nitrogens with zero attached hydrogens (tertiary/aromatic N) is 2. The molecule has 0 aromatic carbocycles. The highest BCUT2D eigenvalue weighted by Crippen LogP contribution is 1.81. The summed E-state index contributed by atoms with van der Waals surface area (Å²) in [5, 5.41) is 6.56. The zero-order valence-electron chi connectivity index (χ0n) is 8.79. The first-order valence-electron chi connectivity index (χ1n) is 4.24. The third-order valence-electron chi connectivity index (χ3n) is 1.35. The summed E-state index contributed by atoms with van der Waals surface area (Å²) in [5.74, 6) is 0. The van der Waals surface area contributed by atoms with Crippen LogP contribution in [0.3, 0.4) is 0 Å². The second kappa shape index (κ2) is 10.4. The van der Waals surface area contributed by atoms with Crippen LogP contribution in [0, 0.1) is 0 Å². The maximum absolute atomic E-state index is 9.81. The average Bonchev–Trinajstić information content (AvgIpc) is 2.08. The molecule has 4 nitrogen and oxygen atoms in total. The van der Waals surface area contributed by atoms with Gasteiger partial charge in [-0.1, -0.05) is 13.8 Å². The quantitative estimate of drug-likeness (QED) is 0.367. The monoisotopic (exact) mass is 175 g/mol. The molecule has 1 N–H and O–H groups in total. The van der Waals surface area contributed by atoms with Crippen molar-refractivity contribution in [2.24, 2.45) is 0 Å². The molecule has 0 spiro atoms. The van der Waals surface area contributed by atoms with Crippen LogP contribution in [0.15, 0.2) is 0 Å². The number of carbonyl (C=O) groups is 1. The zero-order valence-corrected chi connectivity index (χ0v) is 8.79. The van der Waals surface area contributed by atoms with Gasteiger partial charge in [-0.15, -0.1) is 0 Å². The van der Waals surface area contributed by atoms with E-state index in [2.05, 4.69) is 5.32 Å². The predicted octanol–water partition coefficient (Wildman–Crippen LogP) is 0.167. The van der Waals surface area contributed by atoms with Gasteiger partial charge in [0.25, 0.3) is 0 Å². The molecule has 0 saturated carbocycles. The minimum absolute atomic E-state index is 0.693. The van der Waals surface area contributed by atoms with Crippen LogP contribution in [0.5, 0.6) is 0 Å². The fourth-order valence-corrected chi connectivity index (χ4v) is 0.485. The van der Waals surface area contributed by atoms with Crippen molar-refractivity contribution in [1.82, 2.24) is 15.3 Å². The average molecular weight is 175 g/mol. The number of carbonyl (C=O) groups excluding carboxylic acids is 1. The van der Waals surface area contributed by atoms with E-state index < -0.39 is 0 Å². The fourth-order valence-electron chi connectivity index (χ4n) is 0.485. The van der Waals surface area contributed by atoms with Crippen LogP contribution >= 0.6 is 0 Å². The van der Waals surface area contributed by atoms with Gasteiger partial charge in [-0.05, 0) is 0 Å². The fraction of sp³-hybridized carbons (Fsp3) is 0.875. The lowest BCUT2D eigenvalue weighted by atomic mass is 10.6. The SMILES string of the molecule is CC.CN(C)N(C)CCNC=O. The van der Waals surface area contributed by atoms with Gasteiger partial charge >= 0.3 is 0 Å². The van der Waals surface area contributed by atoms with E-state index >= 15 is 0 Å². The molecule has 0 aromatic heterocycles. The highest BCUT2D eigenvalue weighted by molar-refractivity contribution is 5.45. The van der Waals surface area contributed by atoms with Crippen molar-refractivity contribution in [3.8, 4) is 0 Å². The Kier molecular flexibility index (Phi) is 12.1. The number of nitrogens with one attached hydrogen (secondary N) is 1. The van der Waals surface area contributed by atoms with E-state index in [0.717, 1.165) is 6.54 Å². The zero-order chi connectivity index (χ0) is 9.98. The van der Waals surface area contributed by atoms with E-state index in [-0.39, 0.29) is 0 Å². The van der Waals surface area contributed by atoms with Crippen LogP contribution in [-0.2, 0) is 4.79 Å². The van der Waals surface area contributed by atoms with Crippen molar-refractivity contribution >= 4 is 6.41 Å². The van der Waals surface area contributed by atoms with E-state index in [1.54, 1.807) is 0 Å². The third kappa shape index (κ3) is 9.39. The largest absolute Gasteiger partial charge is 0.357 e. The first kappa shape index (κ1) is 13.9. The molecule has 74 valence electrons. The molecule has 0 aliphatic rings. The van der Waals surface area contributed by atoms with Crippen molar-refractivity contribution in [2.75, 3.05) is 34.2 Å². The molecule has 4 heteroatoms. The number of hydrogen-bond donors (Lipinski definition) is 1. The first-order valence-corrected chi connectivity index (χ1v) is 4.24. The Hall–Kier alpha value is -0.610. The first-order chi connectivity index (χ1) is 5.68. The van der Waals surface area contributed by atoms with Gasteiger partial charge in [-0.2, -0.15) is 0 Å². The minimum atomic E-state index is 0.693. The van der Waals surface area contributed by atoms with Crippen molar-refractivity contribution in [2.45, 2.75) is 13.8 Å². The molecule has 0 fully saturated rings. The number of amides is 1. The van der Waals surface area contributed by atoms with Gasteiger partial charge in [-0.25, -0.2) is 10.0 Å². The predicted molar refractivity (Wildman–Crippen MR) is 51.7 cm³/mol. The summed E-state index contributed by atoms with van der Waals surface area (Å²) in [6.07, 6.45) is 0.712. The number of hydrogen-bond acceptors (Lipinski definition) is 3. The lowest BCUT2D eigenvalue weighted by Gasteiger charge is -2.23. The van der Waals surface area contributed by atoms with Crippen LogP contribution in [0.25, 0.3) is 0 Å². The van der Waals surface area contributed by atoms with Gasteiger partial charge in [-0.3, -0.25) is 4.79 Å². The van der Waals surface area contributed by atoms with Gasteiger partial charge in [0.15, 0.2) is 0 Å². The summed E-state index contributed by atoms with van der Waals surface area (Å²) in [4.78, 5) is 9.81. The summed E-state index contributed by atoms with van der Waals surface area (Å²) >= 11 is 0. The van der Waals surface area contributed by atoms with Crippen molar-refractivity contribution < 1.29 is 4.79 Å². The molecule has 0 heterocycles. The molecule has 0 rings (SSSR count). The van der Waals surface area contributed by atoms with E-state index in [4.69, 9.17) is 0 Å². The Morgan fingerprint density at radius 2 is 1.75 bits per heavy atom. The molecular formula is C8H21N3O.